The van der Waals surface area contributed by atoms with Crippen LogP contribution in [0.15, 0.2) is 0 Å². The van der Waals surface area contributed by atoms with Gasteiger partial charge in [-0.3, -0.25) is 0 Å². The molecule has 1 aliphatic carbocycles. The summed E-state index contributed by atoms with van der Waals surface area (Å²) >= 11 is 3.65. The lowest BCUT2D eigenvalue weighted by atomic mass is 9.78. The van der Waals surface area contributed by atoms with Gasteiger partial charge in [-0.25, -0.2) is 0 Å². The molecule has 0 spiro atoms. The van der Waals surface area contributed by atoms with Gasteiger partial charge >= 0.3 is 0 Å². The first-order valence-electron chi connectivity index (χ1n) is 8.03. The highest BCUT2D eigenvalue weighted by atomic mass is 79.9. The molecule has 0 N–H and O–H groups in total. The van der Waals surface area contributed by atoms with E-state index in [1.54, 1.807) is 7.11 Å². The highest BCUT2D eigenvalue weighted by molar-refractivity contribution is 9.09. The number of alkyl halides is 1. The second-order valence-corrected chi connectivity index (χ2v) is 6.42. The van der Waals surface area contributed by atoms with Gasteiger partial charge in [-0.2, -0.15) is 0 Å². The molecule has 3 nitrogen and oxygen atoms in total. The molecule has 0 heterocycles. The van der Waals surface area contributed by atoms with E-state index in [4.69, 9.17) is 14.2 Å². The van der Waals surface area contributed by atoms with Crippen LogP contribution in [0.4, 0.5) is 0 Å². The highest BCUT2D eigenvalue weighted by Gasteiger charge is 2.34. The summed E-state index contributed by atoms with van der Waals surface area (Å²) in [6, 6.07) is 0. The van der Waals surface area contributed by atoms with Crippen molar-refractivity contribution in [3.05, 3.63) is 0 Å². The fourth-order valence-corrected chi connectivity index (χ4v) is 3.66. The molecule has 0 unspecified atom stereocenters. The lowest BCUT2D eigenvalue weighted by molar-refractivity contribution is -0.0798. The maximum Gasteiger partial charge on any atom is 0.0780 e. The molecule has 0 atom stereocenters. The third-order valence-electron chi connectivity index (χ3n) is 4.23. The molecule has 1 aliphatic rings. The molecule has 120 valence electrons. The Morgan fingerprint density at radius 2 is 1.85 bits per heavy atom. The SMILES string of the molecule is CCCC1CCC(CBr)(OCCOCCCOC)CC1. The molecule has 4 heteroatoms. The van der Waals surface area contributed by atoms with Crippen LogP contribution in [0.1, 0.15) is 51.9 Å². The van der Waals surface area contributed by atoms with Crippen LogP contribution in [-0.2, 0) is 14.2 Å². The first kappa shape index (κ1) is 18.4. The van der Waals surface area contributed by atoms with Gasteiger partial charge in [0.25, 0.3) is 0 Å². The zero-order valence-corrected chi connectivity index (χ0v) is 14.8. The van der Waals surface area contributed by atoms with Crippen LogP contribution < -0.4 is 0 Å². The topological polar surface area (TPSA) is 27.7 Å². The van der Waals surface area contributed by atoms with E-state index in [1.807, 2.05) is 0 Å². The maximum atomic E-state index is 6.15. The summed E-state index contributed by atoms with van der Waals surface area (Å²) in [6.07, 6.45) is 8.64. The van der Waals surface area contributed by atoms with Crippen molar-refractivity contribution < 1.29 is 14.2 Å². The number of hydrogen-bond acceptors (Lipinski definition) is 3. The highest BCUT2D eigenvalue weighted by Crippen LogP contribution is 2.37. The van der Waals surface area contributed by atoms with E-state index in [1.165, 1.54) is 38.5 Å². The van der Waals surface area contributed by atoms with Crippen LogP contribution in [0.5, 0.6) is 0 Å². The Morgan fingerprint density at radius 3 is 2.45 bits per heavy atom. The predicted molar refractivity (Wildman–Crippen MR) is 86.7 cm³/mol. The van der Waals surface area contributed by atoms with Gasteiger partial charge in [0.2, 0.25) is 0 Å². The third-order valence-corrected chi connectivity index (χ3v) is 5.25. The summed E-state index contributed by atoms with van der Waals surface area (Å²) in [4.78, 5) is 0. The van der Waals surface area contributed by atoms with Crippen LogP contribution in [0.25, 0.3) is 0 Å². The average molecular weight is 351 g/mol. The molecule has 1 fully saturated rings. The van der Waals surface area contributed by atoms with Crippen molar-refractivity contribution in [3.63, 3.8) is 0 Å². The van der Waals surface area contributed by atoms with Crippen molar-refractivity contribution >= 4 is 15.9 Å². The van der Waals surface area contributed by atoms with E-state index in [-0.39, 0.29) is 5.60 Å². The van der Waals surface area contributed by atoms with Gasteiger partial charge < -0.3 is 14.2 Å². The smallest absolute Gasteiger partial charge is 0.0780 e. The zero-order chi connectivity index (χ0) is 14.7. The predicted octanol–water partition coefficient (Wildman–Crippen LogP) is 4.18. The number of rotatable bonds is 11. The first-order valence-corrected chi connectivity index (χ1v) is 9.15. The first-order chi connectivity index (χ1) is 9.76. The molecule has 0 aromatic heterocycles. The zero-order valence-electron chi connectivity index (χ0n) is 13.2. The van der Waals surface area contributed by atoms with Gasteiger partial charge in [-0.05, 0) is 38.0 Å². The van der Waals surface area contributed by atoms with E-state index in [0.29, 0.717) is 13.2 Å². The van der Waals surface area contributed by atoms with E-state index in [0.717, 1.165) is 30.9 Å². The van der Waals surface area contributed by atoms with E-state index in [9.17, 15) is 0 Å². The molecular weight excluding hydrogens is 320 g/mol. The van der Waals surface area contributed by atoms with Crippen molar-refractivity contribution in [2.24, 2.45) is 5.92 Å². The molecule has 0 aromatic carbocycles. The minimum Gasteiger partial charge on any atom is -0.385 e. The summed E-state index contributed by atoms with van der Waals surface area (Å²) in [6.45, 7) is 5.21. The van der Waals surface area contributed by atoms with Gasteiger partial charge in [0.15, 0.2) is 0 Å². The Bertz CT molecular complexity index is 228. The molecule has 20 heavy (non-hydrogen) atoms. The van der Waals surface area contributed by atoms with Crippen molar-refractivity contribution in [3.8, 4) is 0 Å². The summed E-state index contributed by atoms with van der Waals surface area (Å²) in [5, 5.41) is 0.947. The Balaban J connectivity index is 2.13. The van der Waals surface area contributed by atoms with Crippen molar-refractivity contribution in [1.82, 2.24) is 0 Å². The molecule has 0 amide bonds. The summed E-state index contributed by atoms with van der Waals surface area (Å²) in [5.41, 5.74) is 0.0557. The van der Waals surface area contributed by atoms with E-state index in [2.05, 4.69) is 22.9 Å². The number of ether oxygens (including phenoxy) is 3. The Labute approximate surface area is 132 Å². The van der Waals surface area contributed by atoms with Gasteiger partial charge in [0.05, 0.1) is 18.8 Å². The molecule has 0 saturated heterocycles. The molecule has 0 bridgehead atoms. The van der Waals surface area contributed by atoms with Gasteiger partial charge in [0.1, 0.15) is 0 Å². The summed E-state index contributed by atoms with van der Waals surface area (Å²) in [5.74, 6) is 0.918. The third kappa shape index (κ3) is 6.88. The van der Waals surface area contributed by atoms with Crippen LogP contribution in [-0.4, -0.2) is 44.5 Å². The molecule has 0 radical (unpaired) electrons. The second-order valence-electron chi connectivity index (χ2n) is 5.86. The molecule has 0 aromatic rings. The Morgan fingerprint density at radius 1 is 1.10 bits per heavy atom. The lowest BCUT2D eigenvalue weighted by Gasteiger charge is -2.39. The standard InChI is InChI=1S/C16H31BrO3/c1-3-5-15-6-8-16(14-17,9-7-15)20-13-12-19-11-4-10-18-2/h15H,3-14H2,1-2H3. The van der Waals surface area contributed by atoms with Crippen molar-refractivity contribution in [2.75, 3.05) is 38.9 Å². The second kappa shape index (κ2) is 11.0. The quantitative estimate of drug-likeness (QED) is 0.413. The van der Waals surface area contributed by atoms with E-state index < -0.39 is 0 Å². The Kier molecular flexibility index (Phi) is 10.1. The van der Waals surface area contributed by atoms with Crippen LogP contribution >= 0.6 is 15.9 Å². The van der Waals surface area contributed by atoms with Crippen molar-refractivity contribution in [2.45, 2.75) is 57.5 Å². The van der Waals surface area contributed by atoms with Crippen LogP contribution in [0, 0.1) is 5.92 Å². The molecule has 1 saturated carbocycles. The largest absolute Gasteiger partial charge is 0.385 e. The molecule has 1 rings (SSSR count). The average Bonchev–Trinajstić information content (AvgIpc) is 2.48. The number of halogens is 1. The molecule has 0 aliphatic heterocycles. The van der Waals surface area contributed by atoms with Gasteiger partial charge in [0, 0.05) is 25.7 Å². The minimum absolute atomic E-state index is 0.0557. The molecular formula is C16H31BrO3. The minimum atomic E-state index is 0.0557. The lowest BCUT2D eigenvalue weighted by Crippen LogP contribution is -2.39. The maximum absolute atomic E-state index is 6.15. The van der Waals surface area contributed by atoms with Crippen molar-refractivity contribution in [1.29, 1.82) is 0 Å². The van der Waals surface area contributed by atoms with E-state index >= 15 is 0 Å². The fourth-order valence-electron chi connectivity index (χ4n) is 2.94. The Hall–Kier alpha value is 0.360. The van der Waals surface area contributed by atoms with Crippen LogP contribution in [0.3, 0.4) is 0 Å². The summed E-state index contributed by atoms with van der Waals surface area (Å²) in [7, 11) is 1.72. The van der Waals surface area contributed by atoms with Crippen LogP contribution in [0.2, 0.25) is 0 Å². The summed E-state index contributed by atoms with van der Waals surface area (Å²) < 4.78 is 16.7. The van der Waals surface area contributed by atoms with Gasteiger partial charge in [-0.15, -0.1) is 0 Å². The monoisotopic (exact) mass is 350 g/mol. The fraction of sp³-hybridized carbons (Fsp3) is 1.00. The van der Waals surface area contributed by atoms with Gasteiger partial charge in [-0.1, -0.05) is 35.7 Å². The number of hydrogen-bond donors (Lipinski definition) is 0. The normalized spacial score (nSPS) is 26.9. The number of methoxy groups -OCH3 is 1.